The molecule has 2 nitrogen and oxygen atoms in total. The van der Waals surface area contributed by atoms with Gasteiger partial charge in [0.15, 0.2) is 0 Å². The lowest BCUT2D eigenvalue weighted by atomic mass is 10.0. The summed E-state index contributed by atoms with van der Waals surface area (Å²) in [5, 5.41) is 0.746. The van der Waals surface area contributed by atoms with E-state index in [0.717, 1.165) is 16.0 Å². The molecular weight excluding hydrogens is 392 g/mol. The van der Waals surface area contributed by atoms with Crippen molar-refractivity contribution in [3.63, 3.8) is 0 Å². The van der Waals surface area contributed by atoms with E-state index in [4.69, 9.17) is 11.6 Å². The first-order valence-corrected chi connectivity index (χ1v) is 9.64. The van der Waals surface area contributed by atoms with E-state index < -0.39 is 0 Å². The summed E-state index contributed by atoms with van der Waals surface area (Å²) in [4.78, 5) is 3.60. The predicted molar refractivity (Wildman–Crippen MR) is 105 cm³/mol. The Morgan fingerprint density at radius 1 is 1.22 bits per heavy atom. The summed E-state index contributed by atoms with van der Waals surface area (Å²) < 4.78 is 3.31. The van der Waals surface area contributed by atoms with Crippen LogP contribution in [-0.2, 0) is 0 Å². The maximum absolute atomic E-state index is 6.39. The third-order valence-electron chi connectivity index (χ3n) is 4.21. The van der Waals surface area contributed by atoms with Crippen LogP contribution in [0.4, 0.5) is 11.4 Å². The maximum atomic E-state index is 6.39. The molecule has 2 aromatic rings. The number of nitrogens with zero attached hydrogens (tertiary/aromatic N) is 2. The Hall–Kier alpha value is -0.680. The third kappa shape index (κ3) is 3.55. The van der Waals surface area contributed by atoms with Crippen LogP contribution in [0.3, 0.4) is 0 Å². The number of fused-ring (bicyclic) bond motifs is 1. The zero-order chi connectivity index (χ0) is 16.6. The van der Waals surface area contributed by atoms with E-state index in [-0.39, 0.29) is 0 Å². The summed E-state index contributed by atoms with van der Waals surface area (Å²) in [6.07, 6.45) is 0. The number of likely N-dealkylation sites (N-methyl/N-ethyl adjacent to an activating group) is 1. The van der Waals surface area contributed by atoms with Crippen molar-refractivity contribution < 1.29 is 0 Å². The molecule has 0 bridgehead atoms. The van der Waals surface area contributed by atoms with E-state index in [1.165, 1.54) is 16.3 Å². The van der Waals surface area contributed by atoms with Gasteiger partial charge in [-0.3, -0.25) is 0 Å². The summed E-state index contributed by atoms with van der Waals surface area (Å²) in [5.74, 6) is 0.562. The number of para-hydroxylation sites is 1. The quantitative estimate of drug-likeness (QED) is 0.542. The Labute approximate surface area is 156 Å². The first-order chi connectivity index (χ1) is 11.0. The van der Waals surface area contributed by atoms with Gasteiger partial charge in [-0.2, -0.15) is 0 Å². The molecule has 0 amide bonds. The van der Waals surface area contributed by atoms with Crippen molar-refractivity contribution in [3.8, 4) is 0 Å². The van der Waals surface area contributed by atoms with Gasteiger partial charge < -0.3 is 4.90 Å². The van der Waals surface area contributed by atoms with E-state index in [1.54, 1.807) is 11.9 Å². The molecule has 0 unspecified atom stereocenters. The Kier molecular flexibility index (Phi) is 5.26. The van der Waals surface area contributed by atoms with Gasteiger partial charge in [0.1, 0.15) is 0 Å². The summed E-state index contributed by atoms with van der Waals surface area (Å²) in [7, 11) is 2.18. The molecule has 0 aliphatic carbocycles. The van der Waals surface area contributed by atoms with E-state index in [1.807, 2.05) is 0 Å². The van der Waals surface area contributed by atoms with Gasteiger partial charge in [0.25, 0.3) is 0 Å². The highest BCUT2D eigenvalue weighted by Crippen LogP contribution is 2.44. The molecule has 5 heteroatoms. The van der Waals surface area contributed by atoms with Crippen LogP contribution in [-0.4, -0.2) is 23.9 Å². The standard InChI is InChI=1S/C18H20BrClN2S/c1-12(2)17-11-22(13-7-5-4-6-8-13)16-10-15(20)14(19)9-18(16)23-21(17)3/h4-10,12,17H,11H2,1-3H3/t17-/m0/s1. The fraction of sp³-hybridized carbons (Fsp3) is 0.333. The van der Waals surface area contributed by atoms with Crippen LogP contribution in [0.15, 0.2) is 51.8 Å². The molecule has 1 aliphatic rings. The average molecular weight is 412 g/mol. The lowest BCUT2D eigenvalue weighted by Gasteiger charge is -2.32. The van der Waals surface area contributed by atoms with E-state index in [9.17, 15) is 0 Å². The van der Waals surface area contributed by atoms with Crippen molar-refractivity contribution in [3.05, 3.63) is 52.0 Å². The average Bonchev–Trinajstić information content (AvgIpc) is 2.65. The Balaban J connectivity index is 2.14. The predicted octanol–water partition coefficient (Wildman–Crippen LogP) is 6.22. The van der Waals surface area contributed by atoms with Gasteiger partial charge in [0, 0.05) is 27.6 Å². The van der Waals surface area contributed by atoms with Crippen molar-refractivity contribution in [2.45, 2.75) is 24.8 Å². The van der Waals surface area contributed by atoms with Crippen molar-refractivity contribution >= 4 is 50.9 Å². The molecule has 23 heavy (non-hydrogen) atoms. The fourth-order valence-electron chi connectivity index (χ4n) is 2.91. The second-order valence-corrected chi connectivity index (χ2v) is 8.59. The van der Waals surface area contributed by atoms with Crippen LogP contribution in [0.25, 0.3) is 0 Å². The Morgan fingerprint density at radius 2 is 1.91 bits per heavy atom. The molecular formula is C18H20BrClN2S. The topological polar surface area (TPSA) is 6.48 Å². The van der Waals surface area contributed by atoms with Gasteiger partial charge in [0.2, 0.25) is 0 Å². The molecule has 0 N–H and O–H groups in total. The maximum Gasteiger partial charge on any atom is 0.0578 e. The zero-order valence-corrected chi connectivity index (χ0v) is 16.6. The molecule has 0 saturated heterocycles. The van der Waals surface area contributed by atoms with E-state index >= 15 is 0 Å². The fourth-order valence-corrected chi connectivity index (χ4v) is 4.75. The van der Waals surface area contributed by atoms with Crippen molar-refractivity contribution in [1.82, 2.24) is 4.31 Å². The highest BCUT2D eigenvalue weighted by atomic mass is 79.9. The molecule has 0 saturated carbocycles. The molecule has 1 heterocycles. The lowest BCUT2D eigenvalue weighted by Crippen LogP contribution is -2.39. The number of hydrogen-bond donors (Lipinski definition) is 0. The molecule has 0 aromatic heterocycles. The Morgan fingerprint density at radius 3 is 2.57 bits per heavy atom. The van der Waals surface area contributed by atoms with Gasteiger partial charge in [-0.15, -0.1) is 0 Å². The van der Waals surface area contributed by atoms with Crippen LogP contribution >= 0.6 is 39.5 Å². The SMILES string of the molecule is CC(C)[C@@H]1CN(c2ccccc2)c2cc(Cl)c(Br)cc2SN1C. The summed E-state index contributed by atoms with van der Waals surface area (Å²) in [6, 6.07) is 15.2. The number of rotatable bonds is 2. The normalized spacial score (nSPS) is 18.9. The molecule has 0 fully saturated rings. The minimum Gasteiger partial charge on any atom is -0.339 e. The molecule has 0 radical (unpaired) electrons. The third-order valence-corrected chi connectivity index (χ3v) is 6.49. The van der Waals surface area contributed by atoms with Gasteiger partial charge in [-0.05, 0) is 65.1 Å². The van der Waals surface area contributed by atoms with E-state index in [2.05, 4.69) is 88.5 Å². The van der Waals surface area contributed by atoms with Crippen LogP contribution in [0.2, 0.25) is 5.02 Å². The number of anilines is 2. The van der Waals surface area contributed by atoms with E-state index in [0.29, 0.717) is 12.0 Å². The lowest BCUT2D eigenvalue weighted by molar-refractivity contribution is 0.326. The smallest absolute Gasteiger partial charge is 0.0578 e. The van der Waals surface area contributed by atoms with Gasteiger partial charge in [-0.1, -0.05) is 43.6 Å². The summed E-state index contributed by atoms with van der Waals surface area (Å²) >= 11 is 11.7. The summed E-state index contributed by atoms with van der Waals surface area (Å²) in [6.45, 7) is 5.50. The number of benzene rings is 2. The van der Waals surface area contributed by atoms with Crippen LogP contribution in [0.1, 0.15) is 13.8 Å². The van der Waals surface area contributed by atoms with Crippen molar-refractivity contribution in [2.75, 3.05) is 18.5 Å². The second-order valence-electron chi connectivity index (χ2n) is 6.13. The van der Waals surface area contributed by atoms with Crippen LogP contribution < -0.4 is 4.90 Å². The molecule has 1 aliphatic heterocycles. The van der Waals surface area contributed by atoms with Crippen LogP contribution in [0, 0.1) is 5.92 Å². The second kappa shape index (κ2) is 7.06. The minimum absolute atomic E-state index is 0.449. The van der Waals surface area contributed by atoms with Crippen LogP contribution in [0.5, 0.6) is 0 Å². The summed E-state index contributed by atoms with van der Waals surface area (Å²) in [5.41, 5.74) is 2.37. The highest BCUT2D eigenvalue weighted by Gasteiger charge is 2.29. The van der Waals surface area contributed by atoms with Gasteiger partial charge in [0.05, 0.1) is 10.7 Å². The number of halogens is 2. The monoisotopic (exact) mass is 410 g/mol. The largest absolute Gasteiger partial charge is 0.339 e. The molecule has 1 atom stereocenters. The minimum atomic E-state index is 0.449. The van der Waals surface area contributed by atoms with Crippen molar-refractivity contribution in [1.29, 1.82) is 0 Å². The van der Waals surface area contributed by atoms with Crippen molar-refractivity contribution in [2.24, 2.45) is 5.92 Å². The first kappa shape index (κ1) is 17.2. The van der Waals surface area contributed by atoms with Gasteiger partial charge in [-0.25, -0.2) is 4.31 Å². The van der Waals surface area contributed by atoms with Gasteiger partial charge >= 0.3 is 0 Å². The zero-order valence-electron chi connectivity index (χ0n) is 13.5. The molecule has 2 aromatic carbocycles. The number of hydrogen-bond acceptors (Lipinski definition) is 3. The molecule has 3 rings (SSSR count). The molecule has 122 valence electrons. The highest BCUT2D eigenvalue weighted by molar-refractivity contribution is 9.10. The first-order valence-electron chi connectivity index (χ1n) is 7.70. The molecule has 0 spiro atoms. The Bertz CT molecular complexity index is 693.